The molecule has 2 unspecified atom stereocenters. The summed E-state index contributed by atoms with van der Waals surface area (Å²) in [5, 5.41) is 9.71. The van der Waals surface area contributed by atoms with Crippen LogP contribution in [-0.4, -0.2) is 87.4 Å². The second kappa shape index (κ2) is 57.4. The molecule has 0 amide bonds. The summed E-state index contributed by atoms with van der Waals surface area (Å²) < 4.78 is 22.9. The summed E-state index contributed by atoms with van der Waals surface area (Å²) in [6.07, 6.45) is 74.9. The zero-order chi connectivity index (χ0) is 55.5. The number of likely N-dealkylation sites (N-methyl/N-ethyl adjacent to an activating group) is 1. The number of quaternary nitrogens is 1. The maximum Gasteiger partial charge on any atom is 0.361 e. The third-order valence-electron chi connectivity index (χ3n) is 13.1. The van der Waals surface area contributed by atoms with Crippen molar-refractivity contribution in [2.24, 2.45) is 0 Å². The number of carboxylic acids is 1. The van der Waals surface area contributed by atoms with Crippen molar-refractivity contribution in [3.05, 3.63) is 97.2 Å². The maximum absolute atomic E-state index is 12.9. The van der Waals surface area contributed by atoms with E-state index >= 15 is 0 Å². The molecule has 436 valence electrons. The van der Waals surface area contributed by atoms with Crippen LogP contribution in [0.1, 0.15) is 251 Å². The third kappa shape index (κ3) is 57.9. The molecule has 0 radical (unpaired) electrons. The van der Waals surface area contributed by atoms with Crippen molar-refractivity contribution in [3.63, 3.8) is 0 Å². The van der Waals surface area contributed by atoms with Gasteiger partial charge >= 0.3 is 17.9 Å². The number of hydrogen-bond acceptors (Lipinski definition) is 7. The van der Waals surface area contributed by atoms with Crippen molar-refractivity contribution in [1.29, 1.82) is 0 Å². The summed E-state index contributed by atoms with van der Waals surface area (Å²) in [7, 11) is 5.97. The highest BCUT2D eigenvalue weighted by Crippen LogP contribution is 2.16. The summed E-state index contributed by atoms with van der Waals surface area (Å²) >= 11 is 0. The number of hydrogen-bond donors (Lipinski definition) is 1. The van der Waals surface area contributed by atoms with Crippen LogP contribution >= 0.6 is 0 Å². The van der Waals surface area contributed by atoms with Gasteiger partial charge in [0.1, 0.15) is 13.2 Å². The molecule has 0 spiro atoms. The molecule has 0 aromatic heterocycles. The first-order chi connectivity index (χ1) is 37.1. The van der Waals surface area contributed by atoms with Gasteiger partial charge in [-0.05, 0) is 96.3 Å². The van der Waals surface area contributed by atoms with E-state index < -0.39 is 24.3 Å². The van der Waals surface area contributed by atoms with Crippen molar-refractivity contribution in [2.45, 2.75) is 264 Å². The number of carbonyl (C=O) groups excluding carboxylic acids is 2. The van der Waals surface area contributed by atoms with Crippen LogP contribution in [0.15, 0.2) is 97.2 Å². The van der Waals surface area contributed by atoms with Gasteiger partial charge in [-0.25, -0.2) is 4.79 Å². The van der Waals surface area contributed by atoms with Gasteiger partial charge in [-0.2, -0.15) is 0 Å². The van der Waals surface area contributed by atoms with Gasteiger partial charge in [0.2, 0.25) is 0 Å². The molecule has 9 heteroatoms. The molecule has 0 heterocycles. The molecule has 1 N–H and O–H groups in total. The maximum atomic E-state index is 12.9. The Labute approximate surface area is 467 Å². The normalized spacial score (nSPS) is 13.4. The van der Waals surface area contributed by atoms with Gasteiger partial charge in [-0.1, -0.05) is 239 Å². The fourth-order valence-corrected chi connectivity index (χ4v) is 8.34. The van der Waals surface area contributed by atoms with E-state index in [1.54, 1.807) is 0 Å². The van der Waals surface area contributed by atoms with Crippen LogP contribution in [0.2, 0.25) is 0 Å². The fraction of sp³-hybridized carbons (Fsp3) is 0.716. The highest BCUT2D eigenvalue weighted by molar-refractivity contribution is 5.71. The zero-order valence-electron chi connectivity index (χ0n) is 49.6. The molecular formula is C67H116NO8+. The number of esters is 2. The Bertz CT molecular complexity index is 1570. The van der Waals surface area contributed by atoms with Gasteiger partial charge in [0.25, 0.3) is 6.29 Å². The Balaban J connectivity index is 4.20. The molecule has 0 saturated carbocycles. The van der Waals surface area contributed by atoms with E-state index in [1.165, 1.54) is 128 Å². The second-order valence-electron chi connectivity index (χ2n) is 21.6. The summed E-state index contributed by atoms with van der Waals surface area (Å²) in [4.78, 5) is 37.5. The minimum Gasteiger partial charge on any atom is -0.477 e. The molecule has 0 saturated heterocycles. The van der Waals surface area contributed by atoms with Crippen molar-refractivity contribution in [3.8, 4) is 0 Å². The summed E-state index contributed by atoms with van der Waals surface area (Å²) in [5.74, 6) is -2.01. The highest BCUT2D eigenvalue weighted by Gasteiger charge is 2.25. The van der Waals surface area contributed by atoms with Gasteiger partial charge in [-0.3, -0.25) is 9.59 Å². The van der Waals surface area contributed by atoms with Crippen LogP contribution in [0, 0.1) is 0 Å². The molecule has 0 aromatic carbocycles. The number of allylic oxidation sites excluding steroid dienone is 16. The van der Waals surface area contributed by atoms with Crippen molar-refractivity contribution in [1.82, 2.24) is 0 Å². The van der Waals surface area contributed by atoms with Crippen LogP contribution in [0.3, 0.4) is 0 Å². The van der Waals surface area contributed by atoms with Crippen molar-refractivity contribution in [2.75, 3.05) is 47.5 Å². The monoisotopic (exact) mass is 1060 g/mol. The van der Waals surface area contributed by atoms with Crippen molar-refractivity contribution >= 4 is 17.9 Å². The summed E-state index contributed by atoms with van der Waals surface area (Å²) in [5.41, 5.74) is 0. The molecule has 76 heavy (non-hydrogen) atoms. The minimum absolute atomic E-state index is 0.183. The van der Waals surface area contributed by atoms with E-state index in [4.69, 9.17) is 18.9 Å². The molecule has 0 aliphatic carbocycles. The van der Waals surface area contributed by atoms with E-state index in [1.807, 2.05) is 21.1 Å². The topological polar surface area (TPSA) is 108 Å². The van der Waals surface area contributed by atoms with Gasteiger partial charge in [-0.15, -0.1) is 0 Å². The number of ether oxygens (including phenoxy) is 4. The Hall–Kier alpha value is -3.79. The lowest BCUT2D eigenvalue weighted by Gasteiger charge is -2.25. The largest absolute Gasteiger partial charge is 0.477 e. The predicted molar refractivity (Wildman–Crippen MR) is 322 cm³/mol. The van der Waals surface area contributed by atoms with Crippen LogP contribution < -0.4 is 0 Å². The Morgan fingerprint density at radius 1 is 0.408 bits per heavy atom. The first kappa shape index (κ1) is 72.2. The van der Waals surface area contributed by atoms with Crippen LogP contribution in [0.25, 0.3) is 0 Å². The predicted octanol–water partition coefficient (Wildman–Crippen LogP) is 18.5. The summed E-state index contributed by atoms with van der Waals surface area (Å²) in [6, 6.07) is 0. The van der Waals surface area contributed by atoms with Gasteiger partial charge in [0.05, 0.1) is 34.4 Å². The van der Waals surface area contributed by atoms with E-state index in [0.717, 1.165) is 89.9 Å². The van der Waals surface area contributed by atoms with Gasteiger partial charge in [0.15, 0.2) is 6.10 Å². The SMILES string of the molecule is CC/C=C\C/C=C\C/C=C\C/C=C\C/C=C\C/C=C\C/C=C\CCCCCCCCCCCCCC(=O)OC(COC(=O)CCCCCCCCC/C=C\CCCCCCCCC)COC(OCC[N+](C)(C)C)C(=O)O. The number of nitrogens with zero attached hydrogens (tertiary/aromatic N) is 1. The first-order valence-electron chi connectivity index (χ1n) is 30.9. The molecule has 0 aliphatic rings. The van der Waals surface area contributed by atoms with Gasteiger partial charge in [0, 0.05) is 12.8 Å². The van der Waals surface area contributed by atoms with E-state index in [-0.39, 0.29) is 32.2 Å². The van der Waals surface area contributed by atoms with E-state index in [0.29, 0.717) is 23.9 Å². The average Bonchev–Trinajstić information content (AvgIpc) is 3.39. The molecule has 0 aliphatic heterocycles. The second-order valence-corrected chi connectivity index (χ2v) is 21.6. The quantitative estimate of drug-likeness (QED) is 0.0211. The molecule has 0 rings (SSSR count). The van der Waals surface area contributed by atoms with E-state index in [2.05, 4.69) is 111 Å². The first-order valence-corrected chi connectivity index (χ1v) is 30.9. The molecule has 0 bridgehead atoms. The van der Waals surface area contributed by atoms with Crippen LogP contribution in [0.4, 0.5) is 0 Å². The van der Waals surface area contributed by atoms with Crippen LogP contribution in [-0.2, 0) is 33.3 Å². The zero-order valence-corrected chi connectivity index (χ0v) is 49.6. The van der Waals surface area contributed by atoms with E-state index in [9.17, 15) is 19.5 Å². The summed E-state index contributed by atoms with van der Waals surface area (Å²) in [6.45, 7) is 4.76. The molecule has 2 atom stereocenters. The standard InChI is InChI=1S/C67H115NO8/c1-6-8-10-12-14-16-18-20-22-24-26-27-28-29-30-31-32-33-34-35-36-37-38-39-40-42-44-46-48-50-52-54-56-58-65(70)76-63(62-75-67(66(71)72)73-60-59-68(3,4)5)61-74-64(69)57-55-53-51-49-47-45-43-41-25-23-21-19-17-15-13-11-9-7-2/h8,10,14,16,20,22-23,25-27,29-30,32-33,35-36,63,67H,6-7,9,11-13,15,17-19,21,24,28,31,34,37-62H2,1-5H3/p+1/b10-8-,16-14-,22-20-,25-23-,27-26-,30-29-,33-32-,36-35-. The molecule has 0 aromatic rings. The Morgan fingerprint density at radius 2 is 0.750 bits per heavy atom. The number of aliphatic carboxylic acids is 1. The third-order valence-corrected chi connectivity index (χ3v) is 13.1. The molecule has 9 nitrogen and oxygen atoms in total. The highest BCUT2D eigenvalue weighted by atomic mass is 16.7. The minimum atomic E-state index is -1.52. The van der Waals surface area contributed by atoms with Gasteiger partial charge < -0.3 is 28.5 Å². The molecular weight excluding hydrogens is 947 g/mol. The lowest BCUT2D eigenvalue weighted by atomic mass is 10.0. The fourth-order valence-electron chi connectivity index (χ4n) is 8.34. The lowest BCUT2D eigenvalue weighted by Crippen LogP contribution is -2.40. The number of carbonyl (C=O) groups is 3. The Kier molecular flexibility index (Phi) is 54.5. The Morgan fingerprint density at radius 3 is 1.13 bits per heavy atom. The lowest BCUT2D eigenvalue weighted by molar-refractivity contribution is -0.870. The number of unbranched alkanes of at least 4 members (excludes halogenated alkanes) is 25. The molecule has 0 fully saturated rings. The van der Waals surface area contributed by atoms with Crippen molar-refractivity contribution < 1.29 is 42.9 Å². The van der Waals surface area contributed by atoms with Crippen LogP contribution in [0.5, 0.6) is 0 Å². The number of carboxylic acid groups (broad SMARTS) is 1. The number of rotatable bonds is 56. The smallest absolute Gasteiger partial charge is 0.361 e. The average molecular weight is 1060 g/mol.